The molecule has 0 fully saturated rings. The number of carbonyl (C=O) groups excluding carboxylic acids is 2. The molecule has 6 heteroatoms. The third kappa shape index (κ3) is 6.00. The molecule has 2 N–H and O–H groups in total. The summed E-state index contributed by atoms with van der Waals surface area (Å²) in [5.41, 5.74) is 1.29. The Morgan fingerprint density at radius 1 is 1.08 bits per heavy atom. The van der Waals surface area contributed by atoms with Crippen molar-refractivity contribution in [1.29, 1.82) is 0 Å². The van der Waals surface area contributed by atoms with Crippen LogP contribution >= 0.6 is 0 Å². The first-order chi connectivity index (χ1) is 12.0. The fraction of sp³-hybridized carbons (Fsp3) is 0.263. The van der Waals surface area contributed by atoms with Gasteiger partial charge in [-0.05, 0) is 43.9 Å². The summed E-state index contributed by atoms with van der Waals surface area (Å²) in [6.07, 6.45) is -0.0636. The van der Waals surface area contributed by atoms with Gasteiger partial charge in [-0.15, -0.1) is 0 Å². The monoisotopic (exact) mass is 343 g/mol. The van der Waals surface area contributed by atoms with Crippen molar-refractivity contribution < 1.29 is 14.0 Å². The second-order valence-electron chi connectivity index (χ2n) is 5.96. The number of likely N-dealkylation sites (N-methyl/N-ethyl adjacent to an activating group) is 1. The topological polar surface area (TPSA) is 61.4 Å². The van der Waals surface area contributed by atoms with E-state index in [-0.39, 0.29) is 18.2 Å². The number of nitrogens with zero attached hydrogens (tertiary/aromatic N) is 1. The van der Waals surface area contributed by atoms with Gasteiger partial charge in [0.05, 0.1) is 6.42 Å². The Kier molecular flexibility index (Phi) is 6.65. The number of carbonyl (C=O) groups is 2. The molecular weight excluding hydrogens is 321 g/mol. The maximum absolute atomic E-state index is 13.6. The molecule has 0 aliphatic rings. The van der Waals surface area contributed by atoms with E-state index in [4.69, 9.17) is 0 Å². The maximum atomic E-state index is 13.6. The molecule has 0 aliphatic carbocycles. The molecule has 2 amide bonds. The summed E-state index contributed by atoms with van der Waals surface area (Å²) in [5.74, 6) is -0.950. The van der Waals surface area contributed by atoms with Gasteiger partial charge < -0.3 is 15.5 Å². The molecule has 0 saturated heterocycles. The van der Waals surface area contributed by atoms with E-state index >= 15 is 0 Å². The summed E-state index contributed by atoms with van der Waals surface area (Å²) >= 11 is 0. The average molecular weight is 343 g/mol. The summed E-state index contributed by atoms with van der Waals surface area (Å²) in [5, 5.41) is 5.51. The average Bonchev–Trinajstić information content (AvgIpc) is 2.56. The van der Waals surface area contributed by atoms with Crippen molar-refractivity contribution in [3.63, 3.8) is 0 Å². The van der Waals surface area contributed by atoms with Crippen molar-refractivity contribution in [3.05, 3.63) is 65.5 Å². The third-order valence-corrected chi connectivity index (χ3v) is 3.56. The predicted octanol–water partition coefficient (Wildman–Crippen LogP) is 2.30. The lowest BCUT2D eigenvalue weighted by Crippen LogP contribution is -2.31. The van der Waals surface area contributed by atoms with E-state index in [2.05, 4.69) is 10.6 Å². The number of anilines is 1. The Labute approximate surface area is 146 Å². The van der Waals surface area contributed by atoms with Crippen molar-refractivity contribution in [2.24, 2.45) is 0 Å². The van der Waals surface area contributed by atoms with E-state index in [9.17, 15) is 14.0 Å². The van der Waals surface area contributed by atoms with Gasteiger partial charge in [0.1, 0.15) is 5.82 Å². The molecule has 2 rings (SSSR count). The number of amides is 2. The zero-order valence-corrected chi connectivity index (χ0v) is 14.4. The van der Waals surface area contributed by atoms with E-state index in [1.807, 2.05) is 19.0 Å². The summed E-state index contributed by atoms with van der Waals surface area (Å²) in [4.78, 5) is 26.2. The number of nitrogens with one attached hydrogen (secondary N) is 2. The summed E-state index contributed by atoms with van der Waals surface area (Å²) < 4.78 is 13.6. The zero-order chi connectivity index (χ0) is 18.2. The van der Waals surface area contributed by atoms with Crippen molar-refractivity contribution >= 4 is 17.5 Å². The number of benzene rings is 2. The molecule has 0 atom stereocenters. The van der Waals surface area contributed by atoms with Crippen LogP contribution in [-0.2, 0) is 11.2 Å². The summed E-state index contributed by atoms with van der Waals surface area (Å²) in [6, 6.07) is 12.8. The molecule has 0 spiro atoms. The lowest BCUT2D eigenvalue weighted by molar-refractivity contribution is -0.115. The molecule has 0 saturated carbocycles. The molecular formula is C19H22FN3O2. The van der Waals surface area contributed by atoms with E-state index in [1.165, 1.54) is 6.07 Å². The Balaban J connectivity index is 1.95. The van der Waals surface area contributed by atoms with Gasteiger partial charge in [0.25, 0.3) is 5.91 Å². The van der Waals surface area contributed by atoms with E-state index < -0.39 is 5.82 Å². The molecule has 0 aromatic heterocycles. The molecule has 132 valence electrons. The highest BCUT2D eigenvalue weighted by Crippen LogP contribution is 2.13. The Morgan fingerprint density at radius 2 is 1.84 bits per heavy atom. The minimum absolute atomic E-state index is 0.0636. The highest BCUT2D eigenvalue weighted by molar-refractivity contribution is 5.97. The lowest BCUT2D eigenvalue weighted by atomic mass is 10.1. The number of hydrogen-bond donors (Lipinski definition) is 2. The molecule has 0 radical (unpaired) electrons. The predicted molar refractivity (Wildman–Crippen MR) is 96.1 cm³/mol. The lowest BCUT2D eigenvalue weighted by Gasteiger charge is -2.11. The smallest absolute Gasteiger partial charge is 0.251 e. The van der Waals surface area contributed by atoms with Gasteiger partial charge in [-0.25, -0.2) is 4.39 Å². The summed E-state index contributed by atoms with van der Waals surface area (Å²) in [7, 11) is 3.86. The molecule has 2 aromatic rings. The minimum Gasteiger partial charge on any atom is -0.351 e. The maximum Gasteiger partial charge on any atom is 0.251 e. The van der Waals surface area contributed by atoms with Gasteiger partial charge in [0.15, 0.2) is 0 Å². The van der Waals surface area contributed by atoms with Gasteiger partial charge in [-0.3, -0.25) is 9.59 Å². The first kappa shape index (κ1) is 18.6. The molecule has 5 nitrogen and oxygen atoms in total. The van der Waals surface area contributed by atoms with Gasteiger partial charge >= 0.3 is 0 Å². The molecule has 0 unspecified atom stereocenters. The van der Waals surface area contributed by atoms with Crippen molar-refractivity contribution in [2.75, 3.05) is 32.5 Å². The summed E-state index contributed by atoms with van der Waals surface area (Å²) in [6.45, 7) is 1.28. The van der Waals surface area contributed by atoms with Crippen LogP contribution in [0.15, 0.2) is 48.5 Å². The van der Waals surface area contributed by atoms with Crippen LogP contribution in [0.4, 0.5) is 10.1 Å². The Morgan fingerprint density at radius 3 is 2.56 bits per heavy atom. The van der Waals surface area contributed by atoms with E-state index in [1.54, 1.807) is 42.5 Å². The van der Waals surface area contributed by atoms with E-state index in [0.29, 0.717) is 23.4 Å². The van der Waals surface area contributed by atoms with Crippen LogP contribution in [0.2, 0.25) is 0 Å². The Hall–Kier alpha value is -2.73. The fourth-order valence-electron chi connectivity index (χ4n) is 2.25. The number of rotatable bonds is 7. The van der Waals surface area contributed by atoms with E-state index in [0.717, 1.165) is 6.54 Å². The number of hydrogen-bond acceptors (Lipinski definition) is 3. The molecule has 0 bridgehead atoms. The molecule has 25 heavy (non-hydrogen) atoms. The van der Waals surface area contributed by atoms with Crippen LogP contribution in [-0.4, -0.2) is 43.9 Å². The second-order valence-corrected chi connectivity index (χ2v) is 5.96. The van der Waals surface area contributed by atoms with Crippen molar-refractivity contribution in [2.45, 2.75) is 6.42 Å². The first-order valence-corrected chi connectivity index (χ1v) is 8.02. The van der Waals surface area contributed by atoms with Crippen molar-refractivity contribution in [1.82, 2.24) is 10.2 Å². The van der Waals surface area contributed by atoms with Crippen LogP contribution in [0.5, 0.6) is 0 Å². The largest absolute Gasteiger partial charge is 0.351 e. The zero-order valence-electron chi connectivity index (χ0n) is 14.4. The first-order valence-electron chi connectivity index (χ1n) is 8.02. The third-order valence-electron chi connectivity index (χ3n) is 3.56. The molecule has 2 aromatic carbocycles. The van der Waals surface area contributed by atoms with Crippen LogP contribution in [0.3, 0.4) is 0 Å². The standard InChI is InChI=1S/C19H22FN3O2/c1-23(2)11-10-21-19(25)15-7-5-8-16(12-15)22-18(24)13-14-6-3-4-9-17(14)20/h3-9,12H,10-11,13H2,1-2H3,(H,21,25)(H,22,24). The number of halogens is 1. The SMILES string of the molecule is CN(C)CCNC(=O)c1cccc(NC(=O)Cc2ccccc2F)c1. The quantitative estimate of drug-likeness (QED) is 0.811. The van der Waals surface area contributed by atoms with Gasteiger partial charge in [0, 0.05) is 24.3 Å². The Bertz CT molecular complexity index is 747. The van der Waals surface area contributed by atoms with Gasteiger partial charge in [-0.2, -0.15) is 0 Å². The normalized spacial score (nSPS) is 10.6. The molecule has 0 heterocycles. The van der Waals surface area contributed by atoms with Gasteiger partial charge in [-0.1, -0.05) is 24.3 Å². The minimum atomic E-state index is -0.410. The fourth-order valence-corrected chi connectivity index (χ4v) is 2.25. The van der Waals surface area contributed by atoms with Crippen LogP contribution in [0.1, 0.15) is 15.9 Å². The van der Waals surface area contributed by atoms with Crippen molar-refractivity contribution in [3.8, 4) is 0 Å². The highest BCUT2D eigenvalue weighted by atomic mass is 19.1. The molecule has 0 aliphatic heterocycles. The van der Waals surface area contributed by atoms with Crippen LogP contribution in [0, 0.1) is 5.82 Å². The highest BCUT2D eigenvalue weighted by Gasteiger charge is 2.10. The van der Waals surface area contributed by atoms with Gasteiger partial charge in [0.2, 0.25) is 5.91 Å². The van der Waals surface area contributed by atoms with Crippen LogP contribution < -0.4 is 10.6 Å². The second kappa shape index (κ2) is 8.94. The van der Waals surface area contributed by atoms with Crippen LogP contribution in [0.25, 0.3) is 0 Å².